The van der Waals surface area contributed by atoms with Crippen molar-refractivity contribution in [3.63, 3.8) is 0 Å². The molecule has 8 heteroatoms. The third kappa shape index (κ3) is 4.85. The van der Waals surface area contributed by atoms with E-state index in [1.807, 2.05) is 21.0 Å². The van der Waals surface area contributed by atoms with Crippen LogP contribution in [0.25, 0.3) is 5.69 Å². The summed E-state index contributed by atoms with van der Waals surface area (Å²) in [7, 11) is 3.94. The number of aromatic nitrogens is 2. The SMILES string of the molecule is Cc1ccc(C(CNC(=O)c2ccn(-c3ccc([N+](=O)[O-])cc3)n2)N(C)C)cc1. The summed E-state index contributed by atoms with van der Waals surface area (Å²) in [6.07, 6.45) is 1.65. The zero-order valence-corrected chi connectivity index (χ0v) is 16.6. The van der Waals surface area contributed by atoms with Crippen molar-refractivity contribution in [3.8, 4) is 5.69 Å². The highest BCUT2D eigenvalue weighted by Crippen LogP contribution is 2.18. The van der Waals surface area contributed by atoms with Crippen molar-refractivity contribution in [2.45, 2.75) is 13.0 Å². The van der Waals surface area contributed by atoms with E-state index in [-0.39, 0.29) is 23.3 Å². The quantitative estimate of drug-likeness (QED) is 0.492. The first-order chi connectivity index (χ1) is 13.8. The van der Waals surface area contributed by atoms with Crippen LogP contribution in [-0.4, -0.2) is 46.2 Å². The van der Waals surface area contributed by atoms with Gasteiger partial charge in [-0.15, -0.1) is 0 Å². The van der Waals surface area contributed by atoms with Gasteiger partial charge in [-0.2, -0.15) is 5.10 Å². The molecule has 1 N–H and O–H groups in total. The first-order valence-electron chi connectivity index (χ1n) is 9.17. The number of rotatable bonds is 7. The van der Waals surface area contributed by atoms with Crippen LogP contribution in [-0.2, 0) is 0 Å². The normalized spacial score (nSPS) is 12.0. The van der Waals surface area contributed by atoms with E-state index in [4.69, 9.17) is 0 Å². The van der Waals surface area contributed by atoms with Gasteiger partial charge in [0, 0.05) is 24.9 Å². The number of benzene rings is 2. The molecular formula is C21H23N5O3. The lowest BCUT2D eigenvalue weighted by Crippen LogP contribution is -2.34. The van der Waals surface area contributed by atoms with Gasteiger partial charge in [0.2, 0.25) is 0 Å². The standard InChI is InChI=1S/C21H23N5O3/c1-15-4-6-16(7-5-15)20(24(2)3)14-22-21(27)19-12-13-25(23-19)17-8-10-18(11-9-17)26(28)29/h4-13,20H,14H2,1-3H3,(H,22,27). The van der Waals surface area contributed by atoms with Crippen molar-refractivity contribution in [1.29, 1.82) is 0 Å². The van der Waals surface area contributed by atoms with Crippen LogP contribution in [0.4, 0.5) is 5.69 Å². The molecule has 0 aliphatic carbocycles. The molecule has 150 valence electrons. The van der Waals surface area contributed by atoms with Crippen molar-refractivity contribution in [2.75, 3.05) is 20.6 Å². The number of nitrogens with zero attached hydrogens (tertiary/aromatic N) is 4. The molecule has 0 bridgehead atoms. The van der Waals surface area contributed by atoms with Gasteiger partial charge in [-0.3, -0.25) is 14.9 Å². The molecule has 1 aromatic heterocycles. The van der Waals surface area contributed by atoms with Gasteiger partial charge in [0.05, 0.1) is 16.7 Å². The second-order valence-corrected chi connectivity index (χ2v) is 7.02. The summed E-state index contributed by atoms with van der Waals surface area (Å²) in [6, 6.07) is 15.9. The predicted octanol–water partition coefficient (Wildman–Crippen LogP) is 3.12. The maximum Gasteiger partial charge on any atom is 0.271 e. The maximum atomic E-state index is 12.6. The van der Waals surface area contributed by atoms with Crippen molar-refractivity contribution in [2.24, 2.45) is 0 Å². The molecule has 8 nitrogen and oxygen atoms in total. The van der Waals surface area contributed by atoms with Gasteiger partial charge >= 0.3 is 0 Å². The molecule has 0 radical (unpaired) electrons. The van der Waals surface area contributed by atoms with E-state index in [0.29, 0.717) is 12.2 Å². The van der Waals surface area contributed by atoms with Crippen LogP contribution in [0.15, 0.2) is 60.8 Å². The molecule has 1 heterocycles. The number of hydrogen-bond acceptors (Lipinski definition) is 5. The number of carbonyl (C=O) groups excluding carboxylic acids is 1. The average Bonchev–Trinajstić information content (AvgIpc) is 3.19. The lowest BCUT2D eigenvalue weighted by Gasteiger charge is -2.25. The van der Waals surface area contributed by atoms with Crippen LogP contribution in [0.1, 0.15) is 27.7 Å². The lowest BCUT2D eigenvalue weighted by atomic mass is 10.0. The molecule has 0 spiro atoms. The first-order valence-corrected chi connectivity index (χ1v) is 9.17. The van der Waals surface area contributed by atoms with Crippen molar-refractivity contribution >= 4 is 11.6 Å². The summed E-state index contributed by atoms with van der Waals surface area (Å²) in [5, 5.41) is 18.0. The molecule has 0 fully saturated rings. The van der Waals surface area contributed by atoms with Gasteiger partial charge in [-0.05, 0) is 44.8 Å². The number of nitro groups is 1. The summed E-state index contributed by atoms with van der Waals surface area (Å²) in [5.74, 6) is -0.273. The Balaban J connectivity index is 1.67. The van der Waals surface area contributed by atoms with E-state index in [1.165, 1.54) is 22.4 Å². The number of nitro benzene ring substituents is 1. The molecule has 0 saturated carbocycles. The molecule has 1 atom stereocenters. The van der Waals surface area contributed by atoms with Crippen molar-refractivity contribution in [1.82, 2.24) is 20.0 Å². The van der Waals surface area contributed by atoms with Gasteiger partial charge in [0.1, 0.15) is 0 Å². The van der Waals surface area contributed by atoms with Crippen LogP contribution in [0.3, 0.4) is 0 Å². The van der Waals surface area contributed by atoms with E-state index in [1.54, 1.807) is 24.4 Å². The van der Waals surface area contributed by atoms with Gasteiger partial charge in [0.25, 0.3) is 11.6 Å². The zero-order chi connectivity index (χ0) is 21.0. The van der Waals surface area contributed by atoms with E-state index >= 15 is 0 Å². The predicted molar refractivity (Wildman–Crippen MR) is 110 cm³/mol. The Morgan fingerprint density at radius 3 is 2.38 bits per heavy atom. The number of carbonyl (C=O) groups is 1. The third-order valence-electron chi connectivity index (χ3n) is 4.69. The molecule has 0 aliphatic rings. The molecule has 0 saturated heterocycles. The van der Waals surface area contributed by atoms with Gasteiger partial charge < -0.3 is 10.2 Å². The summed E-state index contributed by atoms with van der Waals surface area (Å²) in [4.78, 5) is 24.9. The van der Waals surface area contributed by atoms with Crippen LogP contribution in [0, 0.1) is 17.0 Å². The van der Waals surface area contributed by atoms with E-state index in [2.05, 4.69) is 39.6 Å². The second kappa shape index (κ2) is 8.66. The van der Waals surface area contributed by atoms with Gasteiger partial charge in [-0.1, -0.05) is 29.8 Å². The Labute approximate surface area is 168 Å². The Hall–Kier alpha value is -3.52. The average molecular weight is 393 g/mol. The minimum absolute atomic E-state index is 0.00436. The molecule has 29 heavy (non-hydrogen) atoms. The fourth-order valence-electron chi connectivity index (χ4n) is 2.98. The zero-order valence-electron chi connectivity index (χ0n) is 16.6. The largest absolute Gasteiger partial charge is 0.349 e. The minimum Gasteiger partial charge on any atom is -0.349 e. The molecule has 1 amide bonds. The van der Waals surface area contributed by atoms with Crippen LogP contribution >= 0.6 is 0 Å². The number of amides is 1. The lowest BCUT2D eigenvalue weighted by molar-refractivity contribution is -0.384. The number of likely N-dealkylation sites (N-methyl/N-ethyl adjacent to an activating group) is 1. The summed E-state index contributed by atoms with van der Waals surface area (Å²) >= 11 is 0. The summed E-state index contributed by atoms with van der Waals surface area (Å²) in [6.45, 7) is 2.48. The number of non-ortho nitro benzene ring substituents is 1. The number of aryl methyl sites for hydroxylation is 1. The second-order valence-electron chi connectivity index (χ2n) is 7.02. The smallest absolute Gasteiger partial charge is 0.271 e. The molecule has 1 unspecified atom stereocenters. The Morgan fingerprint density at radius 2 is 1.79 bits per heavy atom. The molecular weight excluding hydrogens is 370 g/mol. The Morgan fingerprint density at radius 1 is 1.14 bits per heavy atom. The molecule has 0 aliphatic heterocycles. The fraction of sp³-hybridized carbons (Fsp3) is 0.238. The molecule has 2 aromatic carbocycles. The minimum atomic E-state index is -0.457. The van der Waals surface area contributed by atoms with Gasteiger partial charge in [0.15, 0.2) is 5.69 Å². The number of hydrogen-bond donors (Lipinski definition) is 1. The van der Waals surface area contributed by atoms with Crippen molar-refractivity contribution < 1.29 is 9.72 Å². The topological polar surface area (TPSA) is 93.3 Å². The summed E-state index contributed by atoms with van der Waals surface area (Å²) in [5.41, 5.74) is 3.24. The molecule has 3 aromatic rings. The Kier molecular flexibility index (Phi) is 6.04. The first kappa shape index (κ1) is 20.2. The monoisotopic (exact) mass is 393 g/mol. The highest BCUT2D eigenvalue weighted by molar-refractivity contribution is 5.92. The van der Waals surface area contributed by atoms with Crippen LogP contribution in [0.2, 0.25) is 0 Å². The summed E-state index contributed by atoms with van der Waals surface area (Å²) < 4.78 is 1.52. The molecule has 3 rings (SSSR count). The van der Waals surface area contributed by atoms with E-state index in [9.17, 15) is 14.9 Å². The highest BCUT2D eigenvalue weighted by atomic mass is 16.6. The maximum absolute atomic E-state index is 12.6. The van der Waals surface area contributed by atoms with Crippen molar-refractivity contribution in [3.05, 3.63) is 87.7 Å². The fourth-order valence-corrected chi connectivity index (χ4v) is 2.98. The van der Waals surface area contributed by atoms with Crippen LogP contribution < -0.4 is 5.32 Å². The third-order valence-corrected chi connectivity index (χ3v) is 4.69. The highest BCUT2D eigenvalue weighted by Gasteiger charge is 2.17. The number of nitrogens with one attached hydrogen (secondary N) is 1. The van der Waals surface area contributed by atoms with E-state index in [0.717, 1.165) is 5.56 Å². The van der Waals surface area contributed by atoms with E-state index < -0.39 is 4.92 Å². The Bertz CT molecular complexity index is 994. The van der Waals surface area contributed by atoms with Gasteiger partial charge in [-0.25, -0.2) is 4.68 Å². The van der Waals surface area contributed by atoms with Crippen LogP contribution in [0.5, 0.6) is 0 Å².